The maximum atomic E-state index is 8.01. The number of nitrogens with zero attached hydrogens (tertiary/aromatic N) is 1. The fourth-order valence-electron chi connectivity index (χ4n) is 0.862. The van der Waals surface area contributed by atoms with Crippen LogP contribution in [0.25, 0.3) is 0 Å². The molecule has 2 aromatic carbocycles. The van der Waals surface area contributed by atoms with Crippen molar-refractivity contribution in [3.8, 4) is 0 Å². The molecular weight excluding hydrogens is 218 g/mol. The molecule has 0 aliphatic carbocycles. The van der Waals surface area contributed by atoms with Crippen molar-refractivity contribution in [2.75, 3.05) is 0 Å². The third-order valence-corrected chi connectivity index (χ3v) is 1.45. The van der Waals surface area contributed by atoms with E-state index in [4.69, 9.17) is 5.21 Å². The first-order chi connectivity index (χ1) is 6.43. The minimum atomic E-state index is 0. The molecule has 76 valence electrons. The molecule has 0 atom stereocenters. The van der Waals surface area contributed by atoms with Gasteiger partial charge in [0.1, 0.15) is 0 Å². The van der Waals surface area contributed by atoms with E-state index in [0.29, 0.717) is 0 Å². The minimum absolute atomic E-state index is 0. The molecule has 0 unspecified atom stereocenters. The van der Waals surface area contributed by atoms with Gasteiger partial charge in [0.05, 0.1) is 0 Å². The van der Waals surface area contributed by atoms with Gasteiger partial charge in [0.15, 0.2) is 0 Å². The smallest absolute Gasteiger partial charge is 0.0181 e. The Morgan fingerprint density at radius 3 is 2.00 bits per heavy atom. The van der Waals surface area contributed by atoms with Crippen molar-refractivity contribution >= 4 is 6.21 Å². The third-order valence-electron chi connectivity index (χ3n) is 1.45. The molecule has 0 heterocycles. The van der Waals surface area contributed by atoms with E-state index in [0.717, 1.165) is 5.56 Å². The largest absolute Gasteiger partial charge is 0.412 e. The van der Waals surface area contributed by atoms with Crippen molar-refractivity contribution in [1.82, 2.24) is 0 Å². The predicted octanol–water partition coefficient (Wildman–Crippen LogP) is 2.62. The Morgan fingerprint density at radius 2 is 1.64 bits per heavy atom. The standard InChI is InChI=1S/C6H6NO.C5H5.Fe/c8-7-5-6-3-1-2-4-6;1-2-4-5-3-1;/h1-5,8H;1-5H;/q2*-1;/b7-5+;;. The summed E-state index contributed by atoms with van der Waals surface area (Å²) in [6.07, 6.45) is 1.39. The second-order valence-electron chi connectivity index (χ2n) is 2.43. The Bertz CT molecular complexity index is 294. The van der Waals surface area contributed by atoms with E-state index in [2.05, 4.69) is 5.16 Å². The summed E-state index contributed by atoms with van der Waals surface area (Å²) in [6.45, 7) is 0. The van der Waals surface area contributed by atoms with Crippen LogP contribution in [0.3, 0.4) is 0 Å². The van der Waals surface area contributed by atoms with Crippen LogP contribution in [-0.4, -0.2) is 11.4 Å². The van der Waals surface area contributed by atoms with Crippen LogP contribution >= 0.6 is 0 Å². The van der Waals surface area contributed by atoms with Crippen LogP contribution in [0.5, 0.6) is 0 Å². The number of hydrogen-bond acceptors (Lipinski definition) is 2. The first-order valence-electron chi connectivity index (χ1n) is 3.99. The molecule has 14 heavy (non-hydrogen) atoms. The van der Waals surface area contributed by atoms with Gasteiger partial charge in [0.2, 0.25) is 0 Å². The Kier molecular flexibility index (Phi) is 7.52. The van der Waals surface area contributed by atoms with Crippen molar-refractivity contribution in [2.24, 2.45) is 5.16 Å². The molecule has 2 aromatic rings. The van der Waals surface area contributed by atoms with Crippen molar-refractivity contribution < 1.29 is 22.3 Å². The van der Waals surface area contributed by atoms with Crippen LogP contribution < -0.4 is 0 Å². The van der Waals surface area contributed by atoms with Crippen LogP contribution in [0.2, 0.25) is 0 Å². The topological polar surface area (TPSA) is 32.6 Å². The molecule has 0 spiro atoms. The predicted molar refractivity (Wildman–Crippen MR) is 53.5 cm³/mol. The van der Waals surface area contributed by atoms with Crippen LogP contribution in [0.15, 0.2) is 59.8 Å². The summed E-state index contributed by atoms with van der Waals surface area (Å²) in [7, 11) is 0. The molecular formula is C11H11FeNO-2. The SMILES string of the molecule is O/N=C/[c-]1cccc1.[Fe].c1cc[cH-]c1. The van der Waals surface area contributed by atoms with E-state index >= 15 is 0 Å². The van der Waals surface area contributed by atoms with E-state index in [1.165, 1.54) is 6.21 Å². The summed E-state index contributed by atoms with van der Waals surface area (Å²) < 4.78 is 0. The third kappa shape index (κ3) is 5.36. The van der Waals surface area contributed by atoms with Crippen LogP contribution in [0.4, 0.5) is 0 Å². The van der Waals surface area contributed by atoms with Gasteiger partial charge in [-0.25, -0.2) is 24.3 Å². The van der Waals surface area contributed by atoms with E-state index in [9.17, 15) is 0 Å². The van der Waals surface area contributed by atoms with E-state index in [1.807, 2.05) is 54.6 Å². The molecule has 0 radical (unpaired) electrons. The van der Waals surface area contributed by atoms with E-state index in [1.54, 1.807) is 0 Å². The zero-order valence-corrected chi connectivity index (χ0v) is 8.63. The van der Waals surface area contributed by atoms with Gasteiger partial charge in [-0.1, -0.05) is 0 Å². The molecule has 2 rings (SSSR count). The maximum absolute atomic E-state index is 8.01. The number of hydrogen-bond donors (Lipinski definition) is 1. The fraction of sp³-hybridized carbons (Fsp3) is 0. The molecule has 0 amide bonds. The van der Waals surface area contributed by atoms with Gasteiger partial charge in [-0.05, 0) is 0 Å². The van der Waals surface area contributed by atoms with Crippen molar-refractivity contribution in [3.63, 3.8) is 0 Å². The molecule has 0 aromatic heterocycles. The average Bonchev–Trinajstić information content (AvgIpc) is 2.79. The average molecular weight is 229 g/mol. The molecule has 0 aliphatic rings. The number of rotatable bonds is 1. The van der Waals surface area contributed by atoms with Crippen molar-refractivity contribution in [2.45, 2.75) is 0 Å². The summed E-state index contributed by atoms with van der Waals surface area (Å²) >= 11 is 0. The number of oxime groups is 1. The minimum Gasteiger partial charge on any atom is -0.412 e. The maximum Gasteiger partial charge on any atom is 0.0181 e. The van der Waals surface area contributed by atoms with Crippen LogP contribution in [0, 0.1) is 0 Å². The summed E-state index contributed by atoms with van der Waals surface area (Å²) in [5, 5.41) is 10.9. The monoisotopic (exact) mass is 229 g/mol. The van der Waals surface area contributed by atoms with Crippen molar-refractivity contribution in [3.05, 3.63) is 60.2 Å². The quantitative estimate of drug-likeness (QED) is 0.263. The normalized spacial score (nSPS) is 8.86. The molecule has 0 aliphatic heterocycles. The fourth-order valence-corrected chi connectivity index (χ4v) is 0.862. The second kappa shape index (κ2) is 8.30. The van der Waals surface area contributed by atoms with Gasteiger partial charge in [0, 0.05) is 23.3 Å². The Hall–Kier alpha value is -1.31. The molecule has 3 heteroatoms. The first-order valence-corrected chi connectivity index (χ1v) is 3.99. The van der Waals surface area contributed by atoms with Gasteiger partial charge in [-0.3, -0.25) is 0 Å². The zero-order valence-electron chi connectivity index (χ0n) is 7.52. The van der Waals surface area contributed by atoms with Gasteiger partial charge >= 0.3 is 0 Å². The van der Waals surface area contributed by atoms with Gasteiger partial charge in [-0.15, -0.1) is 10.7 Å². The molecule has 0 saturated heterocycles. The van der Waals surface area contributed by atoms with Crippen LogP contribution in [0.1, 0.15) is 5.56 Å². The van der Waals surface area contributed by atoms with Gasteiger partial charge in [0.25, 0.3) is 0 Å². The van der Waals surface area contributed by atoms with Crippen LogP contribution in [-0.2, 0) is 17.1 Å². The van der Waals surface area contributed by atoms with Gasteiger partial charge < -0.3 is 5.21 Å². The Labute approximate surface area is 94.1 Å². The van der Waals surface area contributed by atoms with E-state index in [-0.39, 0.29) is 17.1 Å². The summed E-state index contributed by atoms with van der Waals surface area (Å²) in [5.41, 5.74) is 0.924. The summed E-state index contributed by atoms with van der Waals surface area (Å²) in [6, 6.07) is 17.5. The van der Waals surface area contributed by atoms with Crippen molar-refractivity contribution in [1.29, 1.82) is 0 Å². The Morgan fingerprint density at radius 1 is 1.07 bits per heavy atom. The zero-order chi connectivity index (χ0) is 9.36. The molecule has 0 bridgehead atoms. The molecule has 0 fully saturated rings. The molecule has 0 saturated carbocycles. The first kappa shape index (κ1) is 12.7. The summed E-state index contributed by atoms with van der Waals surface area (Å²) in [5.74, 6) is 0. The molecule has 1 N–H and O–H groups in total. The molecule has 2 nitrogen and oxygen atoms in total. The Balaban J connectivity index is 0.000000246. The summed E-state index contributed by atoms with van der Waals surface area (Å²) in [4.78, 5) is 0. The second-order valence-corrected chi connectivity index (χ2v) is 2.43. The van der Waals surface area contributed by atoms with E-state index < -0.39 is 0 Å². The van der Waals surface area contributed by atoms with Gasteiger partial charge in [-0.2, -0.15) is 30.3 Å².